The fourth-order valence-corrected chi connectivity index (χ4v) is 2.48. The minimum atomic E-state index is -0.264. The summed E-state index contributed by atoms with van der Waals surface area (Å²) in [4.78, 5) is 0. The Morgan fingerprint density at radius 2 is 2.16 bits per heavy atom. The lowest BCUT2D eigenvalue weighted by atomic mass is 9.90. The maximum Gasteiger partial charge on any atom is 0.0821 e. The largest absolute Gasteiger partial charge is 0.374 e. The van der Waals surface area contributed by atoms with Gasteiger partial charge in [-0.1, -0.05) is 6.92 Å². The van der Waals surface area contributed by atoms with Crippen molar-refractivity contribution < 1.29 is 4.74 Å². The van der Waals surface area contributed by atoms with Gasteiger partial charge in [0.05, 0.1) is 17.3 Å². The van der Waals surface area contributed by atoms with E-state index in [1.807, 2.05) is 18.5 Å². The number of nitrogens with zero attached hydrogens (tertiary/aromatic N) is 2. The third-order valence-corrected chi connectivity index (χ3v) is 3.81. The Morgan fingerprint density at radius 3 is 2.63 bits per heavy atom. The van der Waals surface area contributed by atoms with Gasteiger partial charge >= 0.3 is 0 Å². The van der Waals surface area contributed by atoms with Crippen molar-refractivity contribution >= 4 is 0 Å². The molecule has 0 saturated carbocycles. The lowest BCUT2D eigenvalue weighted by Gasteiger charge is -2.36. The summed E-state index contributed by atoms with van der Waals surface area (Å²) in [5.74, 6) is 5.75. The summed E-state index contributed by atoms with van der Waals surface area (Å²) in [6.07, 6.45) is 1.73. The molecule has 1 aromatic rings. The van der Waals surface area contributed by atoms with E-state index in [2.05, 4.69) is 37.4 Å². The van der Waals surface area contributed by atoms with Crippen LogP contribution in [0.5, 0.6) is 0 Å². The van der Waals surface area contributed by atoms with Crippen LogP contribution in [-0.2, 0) is 17.7 Å². The average molecular weight is 268 g/mol. The van der Waals surface area contributed by atoms with Crippen molar-refractivity contribution in [1.82, 2.24) is 15.2 Å². The third-order valence-electron chi connectivity index (χ3n) is 3.81. The second-order valence-electron chi connectivity index (χ2n) is 5.12. The van der Waals surface area contributed by atoms with Gasteiger partial charge in [-0.05, 0) is 40.2 Å². The fraction of sp³-hybridized carbons (Fsp3) is 0.786. The molecule has 3 N–H and O–H groups in total. The highest BCUT2D eigenvalue weighted by Crippen LogP contribution is 2.23. The van der Waals surface area contributed by atoms with Crippen molar-refractivity contribution in [1.29, 1.82) is 0 Å². The van der Waals surface area contributed by atoms with E-state index < -0.39 is 0 Å². The normalized spacial score (nSPS) is 16.3. The number of hydrogen-bond acceptors (Lipinski definition) is 4. The number of aryl methyl sites for hydroxylation is 2. The zero-order chi connectivity index (χ0) is 14.5. The van der Waals surface area contributed by atoms with Gasteiger partial charge in [0.15, 0.2) is 0 Å². The Hall–Kier alpha value is -0.910. The van der Waals surface area contributed by atoms with Gasteiger partial charge in [0.2, 0.25) is 0 Å². The van der Waals surface area contributed by atoms with Crippen LogP contribution < -0.4 is 11.3 Å². The summed E-state index contributed by atoms with van der Waals surface area (Å²) in [5.41, 5.74) is 4.90. The van der Waals surface area contributed by atoms with Crippen molar-refractivity contribution in [3.05, 3.63) is 17.5 Å². The molecule has 0 saturated heterocycles. The zero-order valence-corrected chi connectivity index (χ0v) is 12.9. The van der Waals surface area contributed by atoms with Crippen LogP contribution in [0.1, 0.15) is 45.5 Å². The average Bonchev–Trinajstić information content (AvgIpc) is 2.76. The lowest BCUT2D eigenvalue weighted by Crippen LogP contribution is -2.54. The SMILES string of the molecule is CCOC(C)(CC)C(Cc1cc(C)nn1CC)NN. The summed E-state index contributed by atoms with van der Waals surface area (Å²) >= 11 is 0. The van der Waals surface area contributed by atoms with Crippen LogP contribution in [0.25, 0.3) is 0 Å². The number of aromatic nitrogens is 2. The Bertz CT molecular complexity index is 391. The minimum absolute atomic E-state index is 0.0684. The Labute approximate surface area is 116 Å². The summed E-state index contributed by atoms with van der Waals surface area (Å²) in [6.45, 7) is 11.9. The second kappa shape index (κ2) is 7.03. The van der Waals surface area contributed by atoms with Crippen molar-refractivity contribution in [2.24, 2.45) is 5.84 Å². The predicted octanol–water partition coefficient (Wildman–Crippen LogP) is 1.79. The Morgan fingerprint density at radius 1 is 1.47 bits per heavy atom. The van der Waals surface area contributed by atoms with Crippen LogP contribution in [0.3, 0.4) is 0 Å². The van der Waals surface area contributed by atoms with E-state index in [1.54, 1.807) is 0 Å². The number of ether oxygens (including phenoxy) is 1. The fourth-order valence-electron chi connectivity index (χ4n) is 2.48. The minimum Gasteiger partial charge on any atom is -0.374 e. The highest BCUT2D eigenvalue weighted by molar-refractivity contribution is 5.12. The molecule has 2 atom stereocenters. The van der Waals surface area contributed by atoms with Gasteiger partial charge in [-0.25, -0.2) is 0 Å². The number of nitrogens with one attached hydrogen (secondary N) is 1. The molecule has 0 radical (unpaired) electrons. The van der Waals surface area contributed by atoms with Gasteiger partial charge in [-0.2, -0.15) is 5.10 Å². The molecule has 0 amide bonds. The number of rotatable bonds is 8. The molecule has 0 aliphatic heterocycles. The van der Waals surface area contributed by atoms with Crippen molar-refractivity contribution in [2.45, 2.75) is 65.6 Å². The van der Waals surface area contributed by atoms with Crippen LogP contribution in [0, 0.1) is 6.92 Å². The van der Waals surface area contributed by atoms with Crippen LogP contribution in [-0.4, -0.2) is 28.0 Å². The molecule has 0 bridgehead atoms. The molecular formula is C14H28N4O. The van der Waals surface area contributed by atoms with E-state index in [0.29, 0.717) is 6.61 Å². The first-order valence-electron chi connectivity index (χ1n) is 7.14. The quantitative estimate of drug-likeness (QED) is 0.557. The maximum absolute atomic E-state index is 5.91. The van der Waals surface area contributed by atoms with E-state index in [1.165, 1.54) is 5.69 Å². The molecule has 0 aliphatic rings. The summed E-state index contributed by atoms with van der Waals surface area (Å²) in [6, 6.07) is 2.19. The molecule has 1 rings (SSSR count). The van der Waals surface area contributed by atoms with Crippen molar-refractivity contribution in [2.75, 3.05) is 6.61 Å². The van der Waals surface area contributed by atoms with E-state index in [9.17, 15) is 0 Å². The molecule has 5 heteroatoms. The maximum atomic E-state index is 5.91. The lowest BCUT2D eigenvalue weighted by molar-refractivity contribution is -0.0554. The third kappa shape index (κ3) is 3.78. The second-order valence-corrected chi connectivity index (χ2v) is 5.12. The first-order valence-corrected chi connectivity index (χ1v) is 7.14. The molecule has 110 valence electrons. The topological polar surface area (TPSA) is 65.1 Å². The van der Waals surface area contributed by atoms with Gasteiger partial charge < -0.3 is 4.74 Å². The van der Waals surface area contributed by atoms with Gasteiger partial charge in [0.25, 0.3) is 0 Å². The van der Waals surface area contributed by atoms with Gasteiger partial charge in [0, 0.05) is 25.3 Å². The molecule has 0 fully saturated rings. The smallest absolute Gasteiger partial charge is 0.0821 e. The van der Waals surface area contributed by atoms with E-state index in [-0.39, 0.29) is 11.6 Å². The predicted molar refractivity (Wildman–Crippen MR) is 77.8 cm³/mol. The van der Waals surface area contributed by atoms with Crippen LogP contribution in [0.4, 0.5) is 0 Å². The molecule has 2 unspecified atom stereocenters. The number of hydrogen-bond donors (Lipinski definition) is 2. The van der Waals surface area contributed by atoms with Crippen LogP contribution in [0.2, 0.25) is 0 Å². The van der Waals surface area contributed by atoms with E-state index in [4.69, 9.17) is 10.6 Å². The Balaban J connectivity index is 2.91. The Kier molecular flexibility index (Phi) is 5.97. The molecule has 19 heavy (non-hydrogen) atoms. The summed E-state index contributed by atoms with van der Waals surface area (Å²) < 4.78 is 7.94. The van der Waals surface area contributed by atoms with Gasteiger partial charge in [-0.15, -0.1) is 0 Å². The highest BCUT2D eigenvalue weighted by atomic mass is 16.5. The monoisotopic (exact) mass is 268 g/mol. The first kappa shape index (κ1) is 16.1. The molecular weight excluding hydrogens is 240 g/mol. The molecule has 1 aromatic heterocycles. The molecule has 0 spiro atoms. The van der Waals surface area contributed by atoms with Gasteiger partial charge in [0.1, 0.15) is 0 Å². The number of hydrazine groups is 1. The van der Waals surface area contributed by atoms with E-state index >= 15 is 0 Å². The standard InChI is InChI=1S/C14H28N4O/c1-6-14(5,19-8-3)13(16-15)10-12-9-11(4)17-18(12)7-2/h9,13,16H,6-8,10,15H2,1-5H3. The summed E-state index contributed by atoms with van der Waals surface area (Å²) in [5, 5.41) is 4.48. The van der Waals surface area contributed by atoms with E-state index in [0.717, 1.165) is 25.1 Å². The molecule has 1 heterocycles. The van der Waals surface area contributed by atoms with Crippen LogP contribution >= 0.6 is 0 Å². The zero-order valence-electron chi connectivity index (χ0n) is 12.9. The molecule has 0 aliphatic carbocycles. The van der Waals surface area contributed by atoms with Crippen LogP contribution in [0.15, 0.2) is 6.07 Å². The summed E-state index contributed by atoms with van der Waals surface area (Å²) in [7, 11) is 0. The molecule has 0 aromatic carbocycles. The number of nitrogens with two attached hydrogens (primary N) is 1. The van der Waals surface area contributed by atoms with Gasteiger partial charge in [-0.3, -0.25) is 16.0 Å². The van der Waals surface area contributed by atoms with Crippen molar-refractivity contribution in [3.8, 4) is 0 Å². The highest BCUT2D eigenvalue weighted by Gasteiger charge is 2.33. The van der Waals surface area contributed by atoms with Crippen molar-refractivity contribution in [3.63, 3.8) is 0 Å². The first-order chi connectivity index (χ1) is 9.00. The molecule has 5 nitrogen and oxygen atoms in total.